The number of hydrogen-bond donors (Lipinski definition) is 0. The zero-order valence-electron chi connectivity index (χ0n) is 14.6. The number of fused-ring (bicyclic) bond motifs is 1. The Morgan fingerprint density at radius 1 is 1.12 bits per heavy atom. The van der Waals surface area contributed by atoms with Crippen molar-refractivity contribution in [3.8, 4) is 5.82 Å². The molecular formula is C17H20N8O. The molecule has 0 aliphatic carbocycles. The van der Waals surface area contributed by atoms with Crippen molar-refractivity contribution in [3.05, 3.63) is 42.6 Å². The first-order valence-corrected chi connectivity index (χ1v) is 8.83. The number of anilines is 1. The Bertz CT molecular complexity index is 878. The van der Waals surface area contributed by atoms with E-state index in [0.717, 1.165) is 50.2 Å². The smallest absolute Gasteiger partial charge is 0.223 e. The highest BCUT2D eigenvalue weighted by Crippen LogP contribution is 2.33. The Labute approximate surface area is 150 Å². The van der Waals surface area contributed by atoms with Gasteiger partial charge in [0, 0.05) is 51.6 Å². The second-order valence-electron chi connectivity index (χ2n) is 7.03. The maximum absolute atomic E-state index is 5.07. The van der Waals surface area contributed by atoms with Crippen LogP contribution >= 0.6 is 0 Å². The zero-order valence-corrected chi connectivity index (χ0v) is 14.6. The Morgan fingerprint density at radius 3 is 2.62 bits per heavy atom. The van der Waals surface area contributed by atoms with Crippen molar-refractivity contribution in [2.75, 3.05) is 31.1 Å². The Morgan fingerprint density at radius 2 is 1.92 bits per heavy atom. The zero-order chi connectivity index (χ0) is 17.5. The monoisotopic (exact) mass is 352 g/mol. The van der Waals surface area contributed by atoms with Crippen LogP contribution in [0.25, 0.3) is 5.82 Å². The van der Waals surface area contributed by atoms with Gasteiger partial charge in [-0.3, -0.25) is 4.90 Å². The molecule has 5 heterocycles. The summed E-state index contributed by atoms with van der Waals surface area (Å²) in [4.78, 5) is 17.9. The number of likely N-dealkylation sites (tertiary alicyclic amines) is 1. The van der Waals surface area contributed by atoms with Crippen molar-refractivity contribution in [2.24, 2.45) is 11.8 Å². The van der Waals surface area contributed by atoms with E-state index in [-0.39, 0.29) is 0 Å². The van der Waals surface area contributed by atoms with Crippen molar-refractivity contribution < 1.29 is 4.52 Å². The van der Waals surface area contributed by atoms with Gasteiger partial charge in [0.05, 0.1) is 6.54 Å². The molecule has 2 aliphatic heterocycles. The highest BCUT2D eigenvalue weighted by atomic mass is 16.5. The maximum atomic E-state index is 5.07. The minimum absolute atomic E-state index is 0.627. The van der Waals surface area contributed by atoms with Crippen molar-refractivity contribution in [3.63, 3.8) is 0 Å². The van der Waals surface area contributed by atoms with Crippen LogP contribution in [0.4, 0.5) is 5.82 Å². The molecule has 0 bridgehead atoms. The molecule has 134 valence electrons. The van der Waals surface area contributed by atoms with E-state index in [1.807, 2.05) is 25.3 Å². The van der Waals surface area contributed by atoms with E-state index in [1.54, 1.807) is 17.2 Å². The summed E-state index contributed by atoms with van der Waals surface area (Å²) in [5.41, 5.74) is 0. The molecule has 2 saturated heterocycles. The molecule has 2 fully saturated rings. The summed E-state index contributed by atoms with van der Waals surface area (Å²) in [6.45, 7) is 6.75. The van der Waals surface area contributed by atoms with Crippen LogP contribution in [0.5, 0.6) is 0 Å². The molecule has 0 radical (unpaired) electrons. The second-order valence-corrected chi connectivity index (χ2v) is 7.03. The van der Waals surface area contributed by atoms with Gasteiger partial charge in [-0.1, -0.05) is 5.16 Å². The fourth-order valence-electron chi connectivity index (χ4n) is 4.05. The summed E-state index contributed by atoms with van der Waals surface area (Å²) < 4.78 is 6.83. The molecule has 2 aliphatic rings. The molecule has 2 unspecified atom stereocenters. The number of aromatic nitrogens is 6. The van der Waals surface area contributed by atoms with Gasteiger partial charge in [0.1, 0.15) is 12.1 Å². The molecule has 0 N–H and O–H groups in total. The lowest BCUT2D eigenvalue weighted by atomic mass is 10.0. The van der Waals surface area contributed by atoms with Gasteiger partial charge in [0.25, 0.3) is 0 Å². The standard InChI is InChI=1S/C17H20N8O/c1-12-21-15(22-26-12)10-23-6-13-8-24(9-14(13)7-23)16-5-17(19-11-18-16)25-4-2-3-20-25/h2-5,11,13-14H,6-10H2,1H3. The van der Waals surface area contributed by atoms with Crippen LogP contribution in [0.1, 0.15) is 11.7 Å². The lowest BCUT2D eigenvalue weighted by Gasteiger charge is -2.21. The molecule has 0 amide bonds. The topological polar surface area (TPSA) is 89.0 Å². The maximum Gasteiger partial charge on any atom is 0.223 e. The average molecular weight is 352 g/mol. The van der Waals surface area contributed by atoms with Crippen LogP contribution in [0.15, 0.2) is 35.4 Å². The van der Waals surface area contributed by atoms with Gasteiger partial charge in [-0.15, -0.1) is 0 Å². The first-order valence-electron chi connectivity index (χ1n) is 8.83. The van der Waals surface area contributed by atoms with Gasteiger partial charge in [0.15, 0.2) is 11.6 Å². The Hall–Kier alpha value is -2.81. The van der Waals surface area contributed by atoms with Crippen LogP contribution in [-0.4, -0.2) is 61.0 Å². The fourth-order valence-corrected chi connectivity index (χ4v) is 4.05. The normalized spacial score (nSPS) is 22.9. The molecule has 3 aromatic heterocycles. The van der Waals surface area contributed by atoms with Gasteiger partial charge in [-0.05, 0) is 17.9 Å². The molecule has 2 atom stereocenters. The quantitative estimate of drug-likeness (QED) is 0.685. The molecule has 9 heteroatoms. The molecule has 0 spiro atoms. The average Bonchev–Trinajstić information content (AvgIpc) is 3.39. The Balaban J connectivity index is 1.25. The highest BCUT2D eigenvalue weighted by Gasteiger charge is 2.40. The Kier molecular flexibility index (Phi) is 3.66. The first-order chi connectivity index (χ1) is 12.7. The summed E-state index contributed by atoms with van der Waals surface area (Å²) >= 11 is 0. The van der Waals surface area contributed by atoms with E-state index in [4.69, 9.17) is 4.52 Å². The SMILES string of the molecule is Cc1nc(CN2CC3CN(c4cc(-n5cccn5)ncn4)CC3C2)no1. The predicted molar refractivity (Wildman–Crippen MR) is 92.7 cm³/mol. The predicted octanol–water partition coefficient (Wildman–Crippen LogP) is 0.922. The summed E-state index contributed by atoms with van der Waals surface area (Å²) in [5, 5.41) is 8.25. The van der Waals surface area contributed by atoms with E-state index < -0.39 is 0 Å². The third kappa shape index (κ3) is 2.84. The first kappa shape index (κ1) is 15.4. The molecule has 0 saturated carbocycles. The fraction of sp³-hybridized carbons (Fsp3) is 0.471. The van der Waals surface area contributed by atoms with Crippen molar-refractivity contribution in [1.82, 2.24) is 34.8 Å². The van der Waals surface area contributed by atoms with Gasteiger partial charge >= 0.3 is 0 Å². The van der Waals surface area contributed by atoms with Gasteiger partial charge in [0.2, 0.25) is 5.89 Å². The largest absolute Gasteiger partial charge is 0.356 e. The van der Waals surface area contributed by atoms with E-state index >= 15 is 0 Å². The third-order valence-corrected chi connectivity index (χ3v) is 5.20. The second kappa shape index (κ2) is 6.17. The van der Waals surface area contributed by atoms with E-state index in [0.29, 0.717) is 17.7 Å². The van der Waals surface area contributed by atoms with E-state index in [9.17, 15) is 0 Å². The van der Waals surface area contributed by atoms with Gasteiger partial charge in [-0.2, -0.15) is 10.1 Å². The molecule has 0 aromatic carbocycles. The lowest BCUT2D eigenvalue weighted by Crippen LogP contribution is -2.29. The van der Waals surface area contributed by atoms with Crippen LogP contribution in [0, 0.1) is 18.8 Å². The van der Waals surface area contributed by atoms with Crippen LogP contribution < -0.4 is 4.90 Å². The minimum Gasteiger partial charge on any atom is -0.356 e. The molecule has 3 aromatic rings. The summed E-state index contributed by atoms with van der Waals surface area (Å²) in [5.74, 6) is 4.46. The highest BCUT2D eigenvalue weighted by molar-refractivity contribution is 5.44. The molecular weight excluding hydrogens is 332 g/mol. The van der Waals surface area contributed by atoms with Crippen LogP contribution in [0.3, 0.4) is 0 Å². The van der Waals surface area contributed by atoms with Gasteiger partial charge < -0.3 is 9.42 Å². The number of aryl methyl sites for hydroxylation is 1. The number of rotatable bonds is 4. The van der Waals surface area contributed by atoms with Crippen LogP contribution in [-0.2, 0) is 6.54 Å². The lowest BCUT2D eigenvalue weighted by molar-refractivity contribution is 0.292. The van der Waals surface area contributed by atoms with Gasteiger partial charge in [-0.25, -0.2) is 14.6 Å². The van der Waals surface area contributed by atoms with Crippen molar-refractivity contribution in [2.45, 2.75) is 13.5 Å². The van der Waals surface area contributed by atoms with E-state index in [1.165, 1.54) is 0 Å². The number of hydrogen-bond acceptors (Lipinski definition) is 8. The summed E-state index contributed by atoms with van der Waals surface area (Å²) in [7, 11) is 0. The van der Waals surface area contributed by atoms with Crippen molar-refractivity contribution in [1.29, 1.82) is 0 Å². The molecule has 9 nitrogen and oxygen atoms in total. The third-order valence-electron chi connectivity index (χ3n) is 5.20. The summed E-state index contributed by atoms with van der Waals surface area (Å²) in [6.07, 6.45) is 5.26. The van der Waals surface area contributed by atoms with Crippen molar-refractivity contribution >= 4 is 5.82 Å². The molecule has 5 rings (SSSR count). The molecule has 26 heavy (non-hydrogen) atoms. The minimum atomic E-state index is 0.627. The van der Waals surface area contributed by atoms with E-state index in [2.05, 4.69) is 35.0 Å². The van der Waals surface area contributed by atoms with Crippen LogP contribution in [0.2, 0.25) is 0 Å². The summed E-state index contributed by atoms with van der Waals surface area (Å²) in [6, 6.07) is 3.90. The number of nitrogens with zero attached hydrogens (tertiary/aromatic N) is 8.